The van der Waals surface area contributed by atoms with E-state index < -0.39 is 11.0 Å². The predicted octanol–water partition coefficient (Wildman–Crippen LogP) is 2.65. The number of nitrogens with one attached hydrogen (secondary N) is 1. The highest BCUT2D eigenvalue weighted by molar-refractivity contribution is 5.34. The van der Waals surface area contributed by atoms with Crippen molar-refractivity contribution < 1.29 is 10.0 Å². The molecule has 0 radical (unpaired) electrons. The molecule has 0 aliphatic carbocycles. The van der Waals surface area contributed by atoms with Crippen LogP contribution in [0.3, 0.4) is 0 Å². The van der Waals surface area contributed by atoms with Crippen molar-refractivity contribution in [2.45, 2.75) is 39.8 Å². The summed E-state index contributed by atoms with van der Waals surface area (Å²) in [5.74, 6) is 0. The van der Waals surface area contributed by atoms with Gasteiger partial charge in [0.25, 0.3) is 5.69 Å². The van der Waals surface area contributed by atoms with E-state index in [2.05, 4.69) is 5.32 Å². The maximum atomic E-state index is 10.6. The first-order chi connectivity index (χ1) is 8.71. The third-order valence-corrected chi connectivity index (χ3v) is 3.22. The molecular weight excluding hydrogens is 244 g/mol. The van der Waals surface area contributed by atoms with Crippen molar-refractivity contribution in [1.29, 1.82) is 0 Å². The molecule has 2 atom stereocenters. The monoisotopic (exact) mass is 266 g/mol. The average molecular weight is 266 g/mol. The lowest BCUT2D eigenvalue weighted by molar-refractivity contribution is -0.384. The van der Waals surface area contributed by atoms with Crippen molar-refractivity contribution in [2.75, 3.05) is 6.54 Å². The smallest absolute Gasteiger partial charge is 0.269 e. The summed E-state index contributed by atoms with van der Waals surface area (Å²) in [5, 5.41) is 23.7. The summed E-state index contributed by atoms with van der Waals surface area (Å²) in [7, 11) is 0. The van der Waals surface area contributed by atoms with Crippen LogP contribution < -0.4 is 5.32 Å². The summed E-state index contributed by atoms with van der Waals surface area (Å²) >= 11 is 0. The fourth-order valence-electron chi connectivity index (χ4n) is 1.60. The van der Waals surface area contributed by atoms with Crippen molar-refractivity contribution in [1.82, 2.24) is 5.32 Å². The average Bonchev–Trinajstić information content (AvgIpc) is 2.34. The molecule has 0 heterocycles. The van der Waals surface area contributed by atoms with Crippen LogP contribution in [0.2, 0.25) is 0 Å². The minimum atomic E-state index is -0.437. The lowest BCUT2D eigenvalue weighted by atomic mass is 9.89. The van der Waals surface area contributed by atoms with Gasteiger partial charge in [-0.1, -0.05) is 32.9 Å². The van der Waals surface area contributed by atoms with E-state index in [9.17, 15) is 15.2 Å². The third-order valence-electron chi connectivity index (χ3n) is 3.22. The molecule has 0 saturated carbocycles. The molecule has 0 amide bonds. The number of aliphatic hydroxyl groups is 1. The van der Waals surface area contributed by atoms with Crippen molar-refractivity contribution in [3.63, 3.8) is 0 Å². The number of nitro benzene ring substituents is 1. The van der Waals surface area contributed by atoms with E-state index in [-0.39, 0.29) is 17.1 Å². The SMILES string of the molecule is CC(NCC(O)C(C)(C)C)c1ccc([N+](=O)[O-])cc1. The number of hydrogen-bond acceptors (Lipinski definition) is 4. The Balaban J connectivity index is 2.59. The van der Waals surface area contributed by atoms with E-state index in [1.165, 1.54) is 12.1 Å². The molecule has 5 heteroatoms. The number of hydrogen-bond donors (Lipinski definition) is 2. The molecule has 5 nitrogen and oxygen atoms in total. The number of nitrogens with zero attached hydrogens (tertiary/aromatic N) is 1. The van der Waals surface area contributed by atoms with Crippen LogP contribution in [-0.4, -0.2) is 22.7 Å². The van der Waals surface area contributed by atoms with Crippen LogP contribution in [0.25, 0.3) is 0 Å². The van der Waals surface area contributed by atoms with Crippen LogP contribution in [0.5, 0.6) is 0 Å². The van der Waals surface area contributed by atoms with Crippen LogP contribution in [0.4, 0.5) is 5.69 Å². The standard InChI is InChI=1S/C14H22N2O3/c1-10(15-9-13(17)14(2,3)4)11-5-7-12(8-6-11)16(18)19/h5-8,10,13,15,17H,9H2,1-4H3. The Morgan fingerprint density at radius 2 is 1.84 bits per heavy atom. The molecule has 2 N–H and O–H groups in total. The van der Waals surface area contributed by atoms with Crippen LogP contribution >= 0.6 is 0 Å². The highest BCUT2D eigenvalue weighted by Gasteiger charge is 2.22. The van der Waals surface area contributed by atoms with Gasteiger partial charge in [0.1, 0.15) is 0 Å². The quantitative estimate of drug-likeness (QED) is 0.634. The Morgan fingerprint density at radius 1 is 1.32 bits per heavy atom. The van der Waals surface area contributed by atoms with Crippen molar-refractivity contribution in [2.24, 2.45) is 5.41 Å². The fourth-order valence-corrected chi connectivity index (χ4v) is 1.60. The molecule has 1 aromatic carbocycles. The summed E-state index contributed by atoms with van der Waals surface area (Å²) in [6.07, 6.45) is -0.437. The molecule has 0 aliphatic heterocycles. The normalized spacial score (nSPS) is 15.0. The maximum Gasteiger partial charge on any atom is 0.269 e. The fraction of sp³-hybridized carbons (Fsp3) is 0.571. The zero-order chi connectivity index (χ0) is 14.6. The van der Waals surface area contributed by atoms with Crippen molar-refractivity contribution in [3.05, 3.63) is 39.9 Å². The highest BCUT2D eigenvalue weighted by Crippen LogP contribution is 2.20. The van der Waals surface area contributed by atoms with Gasteiger partial charge < -0.3 is 10.4 Å². The number of non-ortho nitro benzene ring substituents is 1. The van der Waals surface area contributed by atoms with Gasteiger partial charge in [-0.3, -0.25) is 10.1 Å². The van der Waals surface area contributed by atoms with E-state index in [0.29, 0.717) is 6.54 Å². The molecule has 0 spiro atoms. The van der Waals surface area contributed by atoms with Gasteiger partial charge in [0.15, 0.2) is 0 Å². The molecule has 19 heavy (non-hydrogen) atoms. The molecule has 1 rings (SSSR count). The first-order valence-electron chi connectivity index (χ1n) is 6.37. The topological polar surface area (TPSA) is 75.4 Å². The molecule has 106 valence electrons. The van der Waals surface area contributed by atoms with E-state index in [1.807, 2.05) is 27.7 Å². The Labute approximate surface area is 113 Å². The van der Waals surface area contributed by atoms with Gasteiger partial charge in [-0.25, -0.2) is 0 Å². The number of nitro groups is 1. The zero-order valence-electron chi connectivity index (χ0n) is 11.9. The molecule has 0 fully saturated rings. The molecule has 0 saturated heterocycles. The Bertz CT molecular complexity index is 423. The molecule has 0 aromatic heterocycles. The van der Waals surface area contributed by atoms with Gasteiger partial charge in [-0.05, 0) is 17.9 Å². The van der Waals surface area contributed by atoms with E-state index in [0.717, 1.165) is 5.56 Å². The highest BCUT2D eigenvalue weighted by atomic mass is 16.6. The molecule has 2 unspecified atom stereocenters. The lowest BCUT2D eigenvalue weighted by Gasteiger charge is -2.27. The number of aliphatic hydroxyl groups excluding tert-OH is 1. The van der Waals surface area contributed by atoms with E-state index in [4.69, 9.17) is 0 Å². The summed E-state index contributed by atoms with van der Waals surface area (Å²) in [5.41, 5.74) is 0.889. The molecule has 1 aromatic rings. The molecule has 0 bridgehead atoms. The van der Waals surface area contributed by atoms with E-state index in [1.54, 1.807) is 12.1 Å². The minimum absolute atomic E-state index is 0.0396. The third kappa shape index (κ3) is 4.61. The molecular formula is C14H22N2O3. The number of rotatable bonds is 5. The summed E-state index contributed by atoms with van der Waals surface area (Å²) < 4.78 is 0. The van der Waals surface area contributed by atoms with E-state index >= 15 is 0 Å². The van der Waals surface area contributed by atoms with Gasteiger partial charge in [-0.2, -0.15) is 0 Å². The van der Waals surface area contributed by atoms with Crippen molar-refractivity contribution >= 4 is 5.69 Å². The lowest BCUT2D eigenvalue weighted by Crippen LogP contribution is -2.37. The number of benzene rings is 1. The second-order valence-corrected chi connectivity index (χ2v) is 5.86. The van der Waals surface area contributed by atoms with Gasteiger partial charge in [0, 0.05) is 24.7 Å². The maximum absolute atomic E-state index is 10.6. The van der Waals surface area contributed by atoms with Crippen molar-refractivity contribution in [3.8, 4) is 0 Å². The Morgan fingerprint density at radius 3 is 2.26 bits per heavy atom. The first-order valence-corrected chi connectivity index (χ1v) is 6.37. The summed E-state index contributed by atoms with van der Waals surface area (Å²) in [6.45, 7) is 8.40. The Kier molecular flexibility index (Phi) is 5.03. The van der Waals surface area contributed by atoms with Crippen LogP contribution in [0.15, 0.2) is 24.3 Å². The van der Waals surface area contributed by atoms with Crippen LogP contribution in [0, 0.1) is 15.5 Å². The van der Waals surface area contributed by atoms with Crippen LogP contribution in [0.1, 0.15) is 39.3 Å². The second-order valence-electron chi connectivity index (χ2n) is 5.86. The zero-order valence-corrected chi connectivity index (χ0v) is 11.9. The minimum Gasteiger partial charge on any atom is -0.391 e. The first kappa shape index (κ1) is 15.6. The van der Waals surface area contributed by atoms with Crippen LogP contribution in [-0.2, 0) is 0 Å². The summed E-state index contributed by atoms with van der Waals surface area (Å²) in [4.78, 5) is 10.2. The van der Waals surface area contributed by atoms with Gasteiger partial charge in [0.2, 0.25) is 0 Å². The summed E-state index contributed by atoms with van der Waals surface area (Å²) in [6, 6.07) is 6.50. The van der Waals surface area contributed by atoms with Gasteiger partial charge in [-0.15, -0.1) is 0 Å². The van der Waals surface area contributed by atoms with Gasteiger partial charge >= 0.3 is 0 Å². The largest absolute Gasteiger partial charge is 0.391 e. The second kappa shape index (κ2) is 6.12. The molecule has 0 aliphatic rings. The Hall–Kier alpha value is -1.46. The van der Waals surface area contributed by atoms with Gasteiger partial charge in [0.05, 0.1) is 11.0 Å². The predicted molar refractivity (Wildman–Crippen MR) is 75.0 cm³/mol.